The van der Waals surface area contributed by atoms with Crippen molar-refractivity contribution in [2.24, 2.45) is 0 Å². The molecule has 19 heavy (non-hydrogen) atoms. The average molecular weight is 257 g/mol. The second-order valence-electron chi connectivity index (χ2n) is 4.08. The maximum atomic E-state index is 11.4. The predicted molar refractivity (Wildman–Crippen MR) is 73.9 cm³/mol. The van der Waals surface area contributed by atoms with E-state index >= 15 is 0 Å². The van der Waals surface area contributed by atoms with Gasteiger partial charge in [0.1, 0.15) is 17.2 Å². The molecular weight excluding hydrogens is 242 g/mol. The second-order valence-corrected chi connectivity index (χ2v) is 4.08. The Morgan fingerprint density at radius 1 is 1.00 bits per heavy atom. The summed E-state index contributed by atoms with van der Waals surface area (Å²) in [6, 6.07) is 12.2. The Bertz CT molecular complexity index is 591. The standard InChI is InChI=1S/C15H15NO3/c1-10(17)14-9-13(7-8-15(14)16)19-12-5-3-11(18-2)4-6-12/h3-9H,16H2,1-2H3. The van der Waals surface area contributed by atoms with Crippen LogP contribution < -0.4 is 15.2 Å². The molecule has 2 aromatic carbocycles. The van der Waals surface area contributed by atoms with Gasteiger partial charge in [0.25, 0.3) is 0 Å². The van der Waals surface area contributed by atoms with Crippen LogP contribution in [0.1, 0.15) is 17.3 Å². The molecule has 0 amide bonds. The van der Waals surface area contributed by atoms with E-state index < -0.39 is 0 Å². The minimum atomic E-state index is -0.0855. The molecule has 2 N–H and O–H groups in total. The highest BCUT2D eigenvalue weighted by Gasteiger charge is 2.07. The van der Waals surface area contributed by atoms with E-state index in [0.717, 1.165) is 5.75 Å². The maximum absolute atomic E-state index is 11.4. The lowest BCUT2D eigenvalue weighted by atomic mass is 10.1. The summed E-state index contributed by atoms with van der Waals surface area (Å²) in [5, 5.41) is 0. The van der Waals surface area contributed by atoms with Gasteiger partial charge in [0.05, 0.1) is 7.11 Å². The Morgan fingerprint density at radius 2 is 1.58 bits per heavy atom. The van der Waals surface area contributed by atoms with Crippen LogP contribution in [0.3, 0.4) is 0 Å². The van der Waals surface area contributed by atoms with Gasteiger partial charge >= 0.3 is 0 Å². The van der Waals surface area contributed by atoms with Gasteiger partial charge in [0.2, 0.25) is 0 Å². The highest BCUT2D eigenvalue weighted by molar-refractivity contribution is 5.99. The van der Waals surface area contributed by atoms with Crippen molar-refractivity contribution >= 4 is 11.5 Å². The van der Waals surface area contributed by atoms with Crippen molar-refractivity contribution in [1.29, 1.82) is 0 Å². The molecule has 0 unspecified atom stereocenters. The van der Waals surface area contributed by atoms with Crippen LogP contribution in [0, 0.1) is 0 Å². The van der Waals surface area contributed by atoms with Crippen molar-refractivity contribution in [3.63, 3.8) is 0 Å². The molecule has 0 atom stereocenters. The molecular formula is C15H15NO3. The van der Waals surface area contributed by atoms with Crippen LogP contribution in [0.4, 0.5) is 5.69 Å². The molecule has 0 aliphatic carbocycles. The summed E-state index contributed by atoms with van der Waals surface area (Å²) < 4.78 is 10.7. The molecule has 0 aliphatic heterocycles. The molecule has 0 radical (unpaired) electrons. The normalized spacial score (nSPS) is 10.0. The number of ether oxygens (including phenoxy) is 2. The fourth-order valence-electron chi connectivity index (χ4n) is 1.68. The molecule has 0 fully saturated rings. The van der Waals surface area contributed by atoms with E-state index in [4.69, 9.17) is 15.2 Å². The molecule has 98 valence electrons. The Labute approximate surface area is 111 Å². The van der Waals surface area contributed by atoms with Crippen molar-refractivity contribution in [2.45, 2.75) is 6.92 Å². The quantitative estimate of drug-likeness (QED) is 0.674. The molecule has 2 aromatic rings. The van der Waals surface area contributed by atoms with Gasteiger partial charge < -0.3 is 15.2 Å². The van der Waals surface area contributed by atoms with Crippen molar-refractivity contribution in [1.82, 2.24) is 0 Å². The van der Waals surface area contributed by atoms with E-state index in [1.165, 1.54) is 6.92 Å². The minimum Gasteiger partial charge on any atom is -0.497 e. The molecule has 0 spiro atoms. The summed E-state index contributed by atoms with van der Waals surface area (Å²) in [4.78, 5) is 11.4. The highest BCUT2D eigenvalue weighted by atomic mass is 16.5. The molecule has 0 saturated carbocycles. The monoisotopic (exact) mass is 257 g/mol. The van der Waals surface area contributed by atoms with E-state index in [2.05, 4.69) is 0 Å². The van der Waals surface area contributed by atoms with Crippen LogP contribution in [0.2, 0.25) is 0 Å². The number of ketones is 1. The molecule has 4 heteroatoms. The Balaban J connectivity index is 2.22. The zero-order valence-corrected chi connectivity index (χ0v) is 10.8. The van der Waals surface area contributed by atoms with E-state index in [1.807, 2.05) is 0 Å². The molecule has 4 nitrogen and oxygen atoms in total. The Kier molecular flexibility index (Phi) is 3.71. The van der Waals surface area contributed by atoms with Crippen LogP contribution in [-0.2, 0) is 0 Å². The summed E-state index contributed by atoms with van der Waals surface area (Å²) in [6.45, 7) is 1.48. The Morgan fingerprint density at radius 3 is 2.16 bits per heavy atom. The van der Waals surface area contributed by atoms with Crippen molar-refractivity contribution in [2.75, 3.05) is 12.8 Å². The molecule has 0 heterocycles. The topological polar surface area (TPSA) is 61.6 Å². The van der Waals surface area contributed by atoms with E-state index in [1.54, 1.807) is 49.6 Å². The summed E-state index contributed by atoms with van der Waals surface area (Å²) >= 11 is 0. The summed E-state index contributed by atoms with van der Waals surface area (Å²) in [5.41, 5.74) is 6.65. The first kappa shape index (κ1) is 13.0. The van der Waals surface area contributed by atoms with Gasteiger partial charge in [0.15, 0.2) is 5.78 Å². The lowest BCUT2D eigenvalue weighted by Gasteiger charge is -2.09. The maximum Gasteiger partial charge on any atom is 0.162 e. The number of nitrogens with two attached hydrogens (primary N) is 1. The number of methoxy groups -OCH3 is 1. The number of nitrogen functional groups attached to an aromatic ring is 1. The summed E-state index contributed by atoms with van der Waals surface area (Å²) in [5.74, 6) is 1.91. The van der Waals surface area contributed by atoms with Crippen molar-refractivity contribution in [3.8, 4) is 17.2 Å². The Hall–Kier alpha value is -2.49. The summed E-state index contributed by atoms with van der Waals surface area (Å²) in [7, 11) is 1.61. The SMILES string of the molecule is COc1ccc(Oc2ccc(N)c(C(C)=O)c2)cc1. The third-order valence-electron chi connectivity index (χ3n) is 2.70. The van der Waals surface area contributed by atoms with E-state index in [0.29, 0.717) is 22.7 Å². The first-order valence-electron chi connectivity index (χ1n) is 5.82. The predicted octanol–water partition coefficient (Wildman–Crippen LogP) is 3.27. The first-order valence-corrected chi connectivity index (χ1v) is 5.82. The zero-order chi connectivity index (χ0) is 13.8. The first-order chi connectivity index (χ1) is 9.10. The van der Waals surface area contributed by atoms with Crippen LogP contribution >= 0.6 is 0 Å². The molecule has 2 rings (SSSR count). The van der Waals surface area contributed by atoms with Gasteiger partial charge in [-0.15, -0.1) is 0 Å². The van der Waals surface area contributed by atoms with Crippen molar-refractivity contribution < 1.29 is 14.3 Å². The number of rotatable bonds is 4. The molecule has 0 aromatic heterocycles. The van der Waals surface area contributed by atoms with E-state index in [9.17, 15) is 4.79 Å². The van der Waals surface area contributed by atoms with Crippen LogP contribution in [0.15, 0.2) is 42.5 Å². The number of carbonyl (C=O) groups is 1. The lowest BCUT2D eigenvalue weighted by molar-refractivity contribution is 0.101. The molecule has 0 bridgehead atoms. The van der Waals surface area contributed by atoms with Crippen molar-refractivity contribution in [3.05, 3.63) is 48.0 Å². The number of hydrogen-bond donors (Lipinski definition) is 1. The number of Topliss-reactive ketones (excluding diaryl/α,β-unsaturated/α-hetero) is 1. The van der Waals surface area contributed by atoms with Gasteiger partial charge in [-0.05, 0) is 49.4 Å². The zero-order valence-electron chi connectivity index (χ0n) is 10.8. The minimum absolute atomic E-state index is 0.0855. The number of hydrogen-bond acceptors (Lipinski definition) is 4. The fourth-order valence-corrected chi connectivity index (χ4v) is 1.68. The smallest absolute Gasteiger partial charge is 0.162 e. The third kappa shape index (κ3) is 3.04. The summed E-state index contributed by atoms with van der Waals surface area (Å²) in [6.07, 6.45) is 0. The van der Waals surface area contributed by atoms with Crippen LogP contribution in [0.25, 0.3) is 0 Å². The highest BCUT2D eigenvalue weighted by Crippen LogP contribution is 2.26. The number of carbonyl (C=O) groups excluding carboxylic acids is 1. The van der Waals surface area contributed by atoms with Crippen LogP contribution in [-0.4, -0.2) is 12.9 Å². The number of anilines is 1. The van der Waals surface area contributed by atoms with Gasteiger partial charge in [0, 0.05) is 11.3 Å². The second kappa shape index (κ2) is 5.44. The number of benzene rings is 2. The third-order valence-corrected chi connectivity index (χ3v) is 2.70. The van der Waals surface area contributed by atoms with Gasteiger partial charge in [-0.3, -0.25) is 4.79 Å². The molecule has 0 saturated heterocycles. The van der Waals surface area contributed by atoms with Gasteiger partial charge in [-0.1, -0.05) is 0 Å². The van der Waals surface area contributed by atoms with Gasteiger partial charge in [-0.25, -0.2) is 0 Å². The van der Waals surface area contributed by atoms with Gasteiger partial charge in [-0.2, -0.15) is 0 Å². The largest absolute Gasteiger partial charge is 0.497 e. The fraction of sp³-hybridized carbons (Fsp3) is 0.133. The average Bonchev–Trinajstić information content (AvgIpc) is 2.41. The van der Waals surface area contributed by atoms with E-state index in [-0.39, 0.29) is 5.78 Å². The molecule has 0 aliphatic rings. The van der Waals surface area contributed by atoms with Crippen LogP contribution in [0.5, 0.6) is 17.2 Å². The lowest BCUT2D eigenvalue weighted by Crippen LogP contribution is -1.99.